The van der Waals surface area contributed by atoms with Crippen LogP contribution >= 0.6 is 23.2 Å². The third kappa shape index (κ3) is 5.04. The largest absolute Gasteiger partial charge is 0.760 e. The molecule has 0 saturated carbocycles. The van der Waals surface area contributed by atoms with Crippen molar-refractivity contribution >= 4 is 45.5 Å². The summed E-state index contributed by atoms with van der Waals surface area (Å²) in [5, 5.41) is 0.108. The molecule has 172 valence electrons. The Kier molecular flexibility index (Phi) is 6.47. The molecule has 0 aliphatic heterocycles. The number of aromatic nitrogens is 2. The molecule has 0 radical (unpaired) electrons. The number of H-pyrrole nitrogens is 1. The fourth-order valence-electron chi connectivity index (χ4n) is 3.27. The highest BCUT2D eigenvalue weighted by molar-refractivity contribution is 7.77. The first kappa shape index (κ1) is 23.7. The van der Waals surface area contributed by atoms with Gasteiger partial charge in [0.2, 0.25) is 0 Å². The van der Waals surface area contributed by atoms with Gasteiger partial charge < -0.3 is 9.54 Å². The number of hydrogen-bond acceptors (Lipinski definition) is 3. The molecule has 3 aromatic carbocycles. The van der Waals surface area contributed by atoms with Crippen molar-refractivity contribution in [3.05, 3.63) is 75.5 Å². The molecular weight excluding hydrogens is 505 g/mol. The van der Waals surface area contributed by atoms with Crippen molar-refractivity contribution in [3.63, 3.8) is 0 Å². The van der Waals surface area contributed by atoms with Crippen LogP contribution in [0.15, 0.2) is 48.5 Å². The summed E-state index contributed by atoms with van der Waals surface area (Å²) in [6, 6.07) is 10.8. The first-order chi connectivity index (χ1) is 15.5. The number of rotatable bonds is 5. The summed E-state index contributed by atoms with van der Waals surface area (Å²) in [5.74, 6) is -0.351. The number of hydrogen-bond donors (Lipinski definition) is 2. The molecule has 1 aromatic heterocycles. The molecule has 12 heteroatoms. The van der Waals surface area contributed by atoms with Crippen LogP contribution in [-0.4, -0.2) is 18.7 Å². The van der Waals surface area contributed by atoms with E-state index < -0.39 is 28.8 Å². The van der Waals surface area contributed by atoms with Gasteiger partial charge in [0.05, 0.1) is 16.1 Å². The van der Waals surface area contributed by atoms with Crippen LogP contribution in [0.1, 0.15) is 11.1 Å². The number of aromatic amines is 1. The van der Waals surface area contributed by atoms with Crippen LogP contribution in [0.4, 0.5) is 17.6 Å². The molecule has 0 spiro atoms. The maximum absolute atomic E-state index is 14.3. The average Bonchev–Trinajstić information content (AvgIpc) is 3.17. The number of nitrogens with zero attached hydrogens (tertiary/aromatic N) is 1. The van der Waals surface area contributed by atoms with E-state index in [2.05, 4.69) is 14.7 Å². The van der Waals surface area contributed by atoms with Gasteiger partial charge in [-0.3, -0.25) is 4.21 Å². The monoisotopic (exact) mass is 516 g/mol. The SMILES string of the molecule is O=S([O-])NCc1ccc(-c2ccc(-c3nc4c(Cl)cc(C(F)(F)F)cc4[nH]3)cc2Cl)cc1F. The standard InChI is InChI=1S/C21H13Cl2F4N3O2S/c22-15-5-11(20-29-18-8-13(21(25,26)27)7-16(23)19(18)30-20)3-4-14(15)10-1-2-12(17(24)6-10)9-28-33(31)32/h1-8,28H,9H2,(H,29,30)(H,31,32)/p-1. The molecule has 4 rings (SSSR count). The summed E-state index contributed by atoms with van der Waals surface area (Å²) < 4.78 is 76.8. The molecule has 0 bridgehead atoms. The Labute approximate surface area is 197 Å². The van der Waals surface area contributed by atoms with Gasteiger partial charge in [0, 0.05) is 39.5 Å². The molecule has 4 aromatic rings. The predicted octanol–water partition coefficient (Wildman–Crippen LogP) is 6.25. The van der Waals surface area contributed by atoms with Gasteiger partial charge in [-0.25, -0.2) is 14.1 Å². The third-order valence-corrected chi connectivity index (χ3v) is 5.84. The van der Waals surface area contributed by atoms with Gasteiger partial charge in [-0.2, -0.15) is 13.2 Å². The molecule has 1 heterocycles. The molecular formula is C21H12Cl2F4N3O2S-. The van der Waals surface area contributed by atoms with Crippen molar-refractivity contribution in [2.75, 3.05) is 0 Å². The summed E-state index contributed by atoms with van der Waals surface area (Å²) in [7, 11) is 0. The van der Waals surface area contributed by atoms with Gasteiger partial charge in [-0.05, 0) is 29.8 Å². The number of halogens is 6. The predicted molar refractivity (Wildman–Crippen MR) is 118 cm³/mol. The van der Waals surface area contributed by atoms with Crippen LogP contribution in [-0.2, 0) is 24.0 Å². The zero-order chi connectivity index (χ0) is 23.9. The van der Waals surface area contributed by atoms with Gasteiger partial charge in [0.15, 0.2) is 0 Å². The van der Waals surface area contributed by atoms with Gasteiger partial charge in [0.1, 0.15) is 17.2 Å². The van der Waals surface area contributed by atoms with E-state index in [0.717, 1.165) is 12.1 Å². The van der Waals surface area contributed by atoms with Crippen molar-refractivity contribution in [1.29, 1.82) is 0 Å². The summed E-state index contributed by atoms with van der Waals surface area (Å²) in [6.07, 6.45) is -4.55. The van der Waals surface area contributed by atoms with E-state index in [9.17, 15) is 26.3 Å². The first-order valence-corrected chi connectivity index (χ1v) is 11.0. The van der Waals surface area contributed by atoms with Crippen LogP contribution in [0, 0.1) is 5.82 Å². The Balaban J connectivity index is 1.67. The smallest absolute Gasteiger partial charge is 0.416 e. The lowest BCUT2D eigenvalue weighted by atomic mass is 10.0. The molecule has 5 nitrogen and oxygen atoms in total. The van der Waals surface area contributed by atoms with Crippen molar-refractivity contribution in [2.45, 2.75) is 12.7 Å². The van der Waals surface area contributed by atoms with Crippen molar-refractivity contribution in [2.24, 2.45) is 0 Å². The van der Waals surface area contributed by atoms with E-state index >= 15 is 0 Å². The van der Waals surface area contributed by atoms with Gasteiger partial charge in [-0.15, -0.1) is 0 Å². The summed E-state index contributed by atoms with van der Waals surface area (Å²) >= 11 is 9.87. The lowest BCUT2D eigenvalue weighted by molar-refractivity contribution is -0.137. The second-order valence-electron chi connectivity index (χ2n) is 6.99. The molecule has 1 unspecified atom stereocenters. The summed E-state index contributed by atoms with van der Waals surface area (Å²) in [4.78, 5) is 7.10. The maximum Gasteiger partial charge on any atom is 0.416 e. The minimum absolute atomic E-state index is 0.121. The number of nitrogens with one attached hydrogen (secondary N) is 2. The normalized spacial score (nSPS) is 12.9. The number of fused-ring (bicyclic) bond motifs is 1. The second-order valence-corrected chi connectivity index (χ2v) is 8.57. The van der Waals surface area contributed by atoms with Crippen molar-refractivity contribution < 1.29 is 26.3 Å². The summed E-state index contributed by atoms with van der Waals surface area (Å²) in [6.45, 7) is -0.195. The highest BCUT2D eigenvalue weighted by Gasteiger charge is 2.31. The second kappa shape index (κ2) is 9.03. The van der Waals surface area contributed by atoms with Crippen LogP contribution in [0.3, 0.4) is 0 Å². The molecule has 0 saturated heterocycles. The molecule has 0 aliphatic carbocycles. The van der Waals surface area contributed by atoms with Gasteiger partial charge >= 0.3 is 6.18 Å². The Bertz CT molecular complexity index is 1390. The van der Waals surface area contributed by atoms with Gasteiger partial charge in [-0.1, -0.05) is 47.5 Å². The van der Waals surface area contributed by atoms with Crippen LogP contribution < -0.4 is 4.72 Å². The van der Waals surface area contributed by atoms with E-state index in [4.69, 9.17) is 23.2 Å². The fraction of sp³-hybridized carbons (Fsp3) is 0.0952. The van der Waals surface area contributed by atoms with Crippen molar-refractivity contribution in [3.8, 4) is 22.5 Å². The minimum atomic E-state index is -4.55. The highest BCUT2D eigenvalue weighted by atomic mass is 35.5. The van der Waals surface area contributed by atoms with Crippen molar-refractivity contribution in [1.82, 2.24) is 14.7 Å². The Morgan fingerprint density at radius 1 is 1.03 bits per heavy atom. The van der Waals surface area contributed by atoms with E-state index in [0.29, 0.717) is 16.7 Å². The number of alkyl halides is 3. The maximum atomic E-state index is 14.3. The fourth-order valence-corrected chi connectivity index (χ4v) is 4.09. The Morgan fingerprint density at radius 2 is 1.76 bits per heavy atom. The average molecular weight is 517 g/mol. The molecule has 2 N–H and O–H groups in total. The lowest BCUT2D eigenvalue weighted by Crippen LogP contribution is -2.16. The van der Waals surface area contributed by atoms with E-state index in [-0.39, 0.29) is 39.0 Å². The molecule has 0 amide bonds. The zero-order valence-electron chi connectivity index (χ0n) is 16.3. The molecule has 33 heavy (non-hydrogen) atoms. The van der Waals surface area contributed by atoms with Gasteiger partial charge in [0.25, 0.3) is 0 Å². The number of benzene rings is 3. The lowest BCUT2D eigenvalue weighted by Gasteiger charge is -2.11. The van der Waals surface area contributed by atoms with E-state index in [1.165, 1.54) is 12.1 Å². The van der Waals surface area contributed by atoms with E-state index in [1.807, 2.05) is 0 Å². The zero-order valence-corrected chi connectivity index (χ0v) is 18.6. The summed E-state index contributed by atoms with van der Waals surface area (Å²) in [5.41, 5.74) is 1.02. The van der Waals surface area contributed by atoms with Crippen LogP contribution in [0.5, 0.6) is 0 Å². The quantitative estimate of drug-likeness (QED) is 0.243. The third-order valence-electron chi connectivity index (χ3n) is 4.85. The highest BCUT2D eigenvalue weighted by Crippen LogP contribution is 2.37. The van der Waals surface area contributed by atoms with E-state index in [1.54, 1.807) is 24.3 Å². The molecule has 0 aliphatic rings. The molecule has 1 atom stereocenters. The Morgan fingerprint density at radius 3 is 2.39 bits per heavy atom. The Hall–Kier alpha value is -2.50. The van der Waals surface area contributed by atoms with Crippen LogP contribution in [0.25, 0.3) is 33.5 Å². The van der Waals surface area contributed by atoms with Crippen LogP contribution in [0.2, 0.25) is 10.0 Å². The molecule has 0 fully saturated rings. The number of imidazole rings is 1. The minimum Gasteiger partial charge on any atom is -0.760 e. The first-order valence-electron chi connectivity index (χ1n) is 9.21. The topological polar surface area (TPSA) is 80.8 Å².